The molecule has 7 nitrogen and oxygen atoms in total. The number of benzene rings is 1. The molecule has 7 heteroatoms. The predicted molar refractivity (Wildman–Crippen MR) is 102 cm³/mol. The standard InChI is InChI=1S/C21H29NO6/c1-4-8-22-9-7-21-10-12(23)18(25)20(28-3)15(21)16(22)17(24)11-5-6-13(27-2)19(26)14(11)21/h5-6,12,16-18,23-26H,4,7-10H2,1-3H3/t12-,16+,17+,18-,21-/m0/s1. The summed E-state index contributed by atoms with van der Waals surface area (Å²) < 4.78 is 10.9. The van der Waals surface area contributed by atoms with Crippen molar-refractivity contribution in [2.24, 2.45) is 0 Å². The second kappa shape index (κ2) is 6.91. The van der Waals surface area contributed by atoms with Gasteiger partial charge in [-0.25, -0.2) is 0 Å². The summed E-state index contributed by atoms with van der Waals surface area (Å²) in [6.07, 6.45) is -1.22. The van der Waals surface area contributed by atoms with Gasteiger partial charge in [-0.05, 0) is 37.4 Å². The quantitative estimate of drug-likeness (QED) is 0.612. The Kier molecular flexibility index (Phi) is 4.82. The smallest absolute Gasteiger partial charge is 0.162 e. The van der Waals surface area contributed by atoms with Gasteiger partial charge in [0.05, 0.1) is 32.5 Å². The summed E-state index contributed by atoms with van der Waals surface area (Å²) in [5.41, 5.74) is 1.29. The number of aromatic hydroxyl groups is 1. The second-order valence-corrected chi connectivity index (χ2v) is 8.04. The van der Waals surface area contributed by atoms with E-state index in [4.69, 9.17) is 9.47 Å². The molecule has 1 aromatic rings. The second-order valence-electron chi connectivity index (χ2n) is 8.04. The Labute approximate surface area is 164 Å². The molecule has 154 valence electrons. The van der Waals surface area contributed by atoms with E-state index in [0.29, 0.717) is 29.1 Å². The minimum absolute atomic E-state index is 0.0158. The van der Waals surface area contributed by atoms with Crippen molar-refractivity contribution in [3.63, 3.8) is 0 Å². The van der Waals surface area contributed by atoms with E-state index in [1.165, 1.54) is 14.2 Å². The van der Waals surface area contributed by atoms with Crippen LogP contribution in [0.25, 0.3) is 0 Å². The van der Waals surface area contributed by atoms with Gasteiger partial charge < -0.3 is 29.9 Å². The highest BCUT2D eigenvalue weighted by atomic mass is 16.5. The van der Waals surface area contributed by atoms with Gasteiger partial charge in [0.15, 0.2) is 11.5 Å². The zero-order valence-corrected chi connectivity index (χ0v) is 16.6. The number of methoxy groups -OCH3 is 2. The number of hydrogen-bond acceptors (Lipinski definition) is 7. The molecule has 4 N–H and O–H groups in total. The maximum Gasteiger partial charge on any atom is 0.162 e. The van der Waals surface area contributed by atoms with Gasteiger partial charge in [-0.15, -0.1) is 0 Å². The molecule has 1 fully saturated rings. The van der Waals surface area contributed by atoms with Crippen molar-refractivity contribution in [2.75, 3.05) is 27.3 Å². The Morgan fingerprint density at radius 1 is 1.14 bits per heavy atom. The first-order valence-electron chi connectivity index (χ1n) is 9.88. The number of piperidine rings is 1. The molecule has 0 aromatic heterocycles. The van der Waals surface area contributed by atoms with Crippen molar-refractivity contribution in [3.05, 3.63) is 34.6 Å². The number of nitrogens with zero attached hydrogens (tertiary/aromatic N) is 1. The van der Waals surface area contributed by atoms with E-state index in [1.54, 1.807) is 12.1 Å². The van der Waals surface area contributed by atoms with Crippen molar-refractivity contribution >= 4 is 0 Å². The molecule has 0 saturated carbocycles. The highest BCUT2D eigenvalue weighted by Gasteiger charge is 2.60. The fraction of sp³-hybridized carbons (Fsp3) is 0.619. The summed E-state index contributed by atoms with van der Waals surface area (Å²) >= 11 is 0. The Balaban J connectivity index is 2.05. The molecule has 0 radical (unpaired) electrons. The van der Waals surface area contributed by atoms with Crippen LogP contribution in [0.15, 0.2) is 23.5 Å². The molecular weight excluding hydrogens is 362 g/mol. The average Bonchev–Trinajstić information content (AvgIpc) is 2.68. The van der Waals surface area contributed by atoms with E-state index in [9.17, 15) is 20.4 Å². The molecule has 3 aliphatic rings. The molecule has 1 heterocycles. The van der Waals surface area contributed by atoms with Crippen LogP contribution >= 0.6 is 0 Å². The molecule has 2 bridgehead atoms. The van der Waals surface area contributed by atoms with Crippen LogP contribution in [0.2, 0.25) is 0 Å². The highest BCUT2D eigenvalue weighted by Crippen LogP contribution is 2.61. The SMILES string of the molecule is CCCN1CC[C@@]23C[C@H](O)[C@H](O)C(OC)=C2[C@@H]1[C@H](O)c1ccc(OC)c(O)c13. The first kappa shape index (κ1) is 19.5. The van der Waals surface area contributed by atoms with Gasteiger partial charge in [-0.2, -0.15) is 0 Å². The largest absolute Gasteiger partial charge is 0.504 e. The van der Waals surface area contributed by atoms with Crippen LogP contribution in [0.3, 0.4) is 0 Å². The van der Waals surface area contributed by atoms with Crippen molar-refractivity contribution in [2.45, 2.75) is 56.0 Å². The normalized spacial score (nSPS) is 34.6. The van der Waals surface area contributed by atoms with Gasteiger partial charge in [0.25, 0.3) is 0 Å². The minimum atomic E-state index is -1.15. The molecule has 0 unspecified atom stereocenters. The molecule has 2 aliphatic carbocycles. The van der Waals surface area contributed by atoms with Crippen LogP contribution < -0.4 is 4.74 Å². The Hall–Kier alpha value is -1.80. The third-order valence-corrected chi connectivity index (χ3v) is 6.71. The number of rotatable bonds is 4. The summed E-state index contributed by atoms with van der Waals surface area (Å²) in [5.74, 6) is 0.614. The molecule has 0 amide bonds. The van der Waals surface area contributed by atoms with Gasteiger partial charge in [0.1, 0.15) is 11.9 Å². The summed E-state index contributed by atoms with van der Waals surface area (Å²) in [7, 11) is 2.96. The first-order chi connectivity index (χ1) is 13.4. The maximum absolute atomic E-state index is 11.3. The van der Waals surface area contributed by atoms with Gasteiger partial charge in [0, 0.05) is 23.1 Å². The molecule has 0 spiro atoms. The summed E-state index contributed by atoms with van der Waals surface area (Å²) in [6, 6.07) is 3.09. The zero-order chi connectivity index (χ0) is 20.2. The average molecular weight is 391 g/mol. The molecule has 1 aromatic carbocycles. The number of ether oxygens (including phenoxy) is 2. The van der Waals surface area contributed by atoms with Crippen LogP contribution in [0.4, 0.5) is 0 Å². The van der Waals surface area contributed by atoms with E-state index < -0.39 is 23.7 Å². The van der Waals surface area contributed by atoms with E-state index in [2.05, 4.69) is 11.8 Å². The van der Waals surface area contributed by atoms with Crippen LogP contribution in [0.1, 0.15) is 43.4 Å². The number of hydrogen-bond donors (Lipinski definition) is 4. The first-order valence-corrected chi connectivity index (χ1v) is 9.88. The number of phenolic OH excluding ortho intramolecular Hbond substituents is 1. The molecule has 1 aliphatic heterocycles. The number of phenols is 1. The van der Waals surface area contributed by atoms with Gasteiger partial charge in [0.2, 0.25) is 0 Å². The summed E-state index contributed by atoms with van der Waals surface area (Å²) in [4.78, 5) is 2.21. The lowest BCUT2D eigenvalue weighted by Crippen LogP contribution is -2.61. The van der Waals surface area contributed by atoms with E-state index in [1.807, 2.05) is 0 Å². The van der Waals surface area contributed by atoms with Crippen LogP contribution in [0.5, 0.6) is 11.5 Å². The van der Waals surface area contributed by atoms with E-state index in [0.717, 1.165) is 25.1 Å². The topological polar surface area (TPSA) is 103 Å². The minimum Gasteiger partial charge on any atom is -0.504 e. The van der Waals surface area contributed by atoms with Gasteiger partial charge in [-0.3, -0.25) is 4.90 Å². The number of likely N-dealkylation sites (tertiary alicyclic amines) is 1. The fourth-order valence-corrected chi connectivity index (χ4v) is 5.63. The lowest BCUT2D eigenvalue weighted by Gasteiger charge is -2.58. The molecule has 1 saturated heterocycles. The number of aliphatic hydroxyl groups is 3. The van der Waals surface area contributed by atoms with E-state index in [-0.39, 0.29) is 18.2 Å². The highest BCUT2D eigenvalue weighted by molar-refractivity contribution is 5.63. The predicted octanol–water partition coefficient (Wildman–Crippen LogP) is 1.20. The van der Waals surface area contributed by atoms with Crippen molar-refractivity contribution < 1.29 is 29.9 Å². The summed E-state index contributed by atoms with van der Waals surface area (Å²) in [6.45, 7) is 3.61. The molecule has 5 atom stereocenters. The van der Waals surface area contributed by atoms with Crippen molar-refractivity contribution in [1.29, 1.82) is 0 Å². The summed E-state index contributed by atoms with van der Waals surface area (Å²) in [5, 5.41) is 43.6. The lowest BCUT2D eigenvalue weighted by atomic mass is 9.54. The lowest BCUT2D eigenvalue weighted by molar-refractivity contribution is -0.0521. The molecule has 28 heavy (non-hydrogen) atoms. The van der Waals surface area contributed by atoms with Gasteiger partial charge >= 0.3 is 0 Å². The monoisotopic (exact) mass is 391 g/mol. The van der Waals surface area contributed by atoms with Gasteiger partial charge in [-0.1, -0.05) is 13.0 Å². The molecular formula is C21H29NO6. The third-order valence-electron chi connectivity index (χ3n) is 6.71. The van der Waals surface area contributed by atoms with Crippen LogP contribution in [0, 0.1) is 0 Å². The third kappa shape index (κ3) is 2.43. The molecule has 4 rings (SSSR count). The van der Waals surface area contributed by atoms with E-state index >= 15 is 0 Å². The fourth-order valence-electron chi connectivity index (χ4n) is 5.63. The Bertz CT molecular complexity index is 808. The van der Waals surface area contributed by atoms with Crippen LogP contribution in [-0.2, 0) is 10.2 Å². The number of fused-ring (bicyclic) bond motifs is 1. The van der Waals surface area contributed by atoms with Crippen molar-refractivity contribution in [3.8, 4) is 11.5 Å². The maximum atomic E-state index is 11.3. The Morgan fingerprint density at radius 2 is 1.89 bits per heavy atom. The van der Waals surface area contributed by atoms with Crippen molar-refractivity contribution in [1.82, 2.24) is 4.90 Å². The van der Waals surface area contributed by atoms with Crippen LogP contribution in [-0.4, -0.2) is 70.9 Å². The zero-order valence-electron chi connectivity index (χ0n) is 16.6. The Morgan fingerprint density at radius 3 is 2.54 bits per heavy atom. The number of aliphatic hydroxyl groups excluding tert-OH is 3.